The molecule has 0 aliphatic rings. The normalized spacial score (nSPS) is 11.0. The van der Waals surface area contributed by atoms with Crippen LogP contribution in [-0.2, 0) is 0 Å². The van der Waals surface area contributed by atoms with Gasteiger partial charge in [-0.15, -0.1) is 0 Å². The number of aromatic nitrogens is 1. The molecule has 2 heteroatoms. The number of carbonyl (C=O) groups is 1. The Balaban J connectivity index is 2.00. The van der Waals surface area contributed by atoms with Crippen LogP contribution in [0.3, 0.4) is 0 Å². The van der Waals surface area contributed by atoms with Gasteiger partial charge in [0, 0.05) is 22.7 Å². The van der Waals surface area contributed by atoms with Crippen molar-refractivity contribution in [3.05, 3.63) is 108 Å². The van der Waals surface area contributed by atoms with Crippen LogP contribution in [0.5, 0.6) is 0 Å². The molecule has 1 aromatic heterocycles. The van der Waals surface area contributed by atoms with Crippen molar-refractivity contribution in [1.29, 1.82) is 0 Å². The van der Waals surface area contributed by atoms with Crippen LogP contribution in [0.4, 0.5) is 0 Å². The van der Waals surface area contributed by atoms with E-state index in [2.05, 4.69) is 59.2 Å². The quantitative estimate of drug-likeness (QED) is 0.481. The molecule has 1 heterocycles. The fourth-order valence-electron chi connectivity index (χ4n) is 3.32. The molecule has 0 fully saturated rings. The number of fused-ring (bicyclic) bond motifs is 1. The Kier molecular flexibility index (Phi) is 3.72. The second-order valence-electron chi connectivity index (χ2n) is 5.85. The van der Waals surface area contributed by atoms with Gasteiger partial charge >= 0.3 is 0 Å². The van der Waals surface area contributed by atoms with E-state index < -0.39 is 0 Å². The van der Waals surface area contributed by atoms with Gasteiger partial charge in [-0.1, -0.05) is 78.9 Å². The van der Waals surface area contributed by atoms with E-state index in [0.717, 1.165) is 22.8 Å². The maximum atomic E-state index is 11.5. The molecule has 0 N–H and O–H groups in total. The third kappa shape index (κ3) is 2.42. The summed E-state index contributed by atoms with van der Waals surface area (Å²) in [5.41, 5.74) is 4.18. The molecular formula is C22H17NO. The molecule has 0 amide bonds. The molecule has 0 aliphatic heterocycles. The Morgan fingerprint density at radius 1 is 0.708 bits per heavy atom. The van der Waals surface area contributed by atoms with Crippen LogP contribution in [0.15, 0.2) is 91.1 Å². The lowest BCUT2D eigenvalue weighted by molar-refractivity contribution is 0.112. The van der Waals surface area contributed by atoms with Gasteiger partial charge in [-0.05, 0) is 17.2 Å². The van der Waals surface area contributed by atoms with Crippen molar-refractivity contribution < 1.29 is 4.79 Å². The Hall–Kier alpha value is -3.13. The van der Waals surface area contributed by atoms with Crippen molar-refractivity contribution in [2.24, 2.45) is 0 Å². The van der Waals surface area contributed by atoms with Gasteiger partial charge in [-0.2, -0.15) is 0 Å². The van der Waals surface area contributed by atoms with Crippen LogP contribution in [0, 0.1) is 0 Å². The number of aldehydes is 1. The first-order valence-corrected chi connectivity index (χ1v) is 8.03. The summed E-state index contributed by atoms with van der Waals surface area (Å²) in [6, 6.07) is 28.9. The zero-order valence-corrected chi connectivity index (χ0v) is 13.2. The van der Waals surface area contributed by atoms with E-state index in [9.17, 15) is 4.79 Å². The van der Waals surface area contributed by atoms with Crippen LogP contribution < -0.4 is 0 Å². The van der Waals surface area contributed by atoms with Crippen molar-refractivity contribution in [3.8, 4) is 0 Å². The van der Waals surface area contributed by atoms with E-state index in [4.69, 9.17) is 0 Å². The van der Waals surface area contributed by atoms with Crippen LogP contribution in [-0.4, -0.2) is 10.9 Å². The number of carbonyl (C=O) groups excluding carboxylic acids is 1. The van der Waals surface area contributed by atoms with E-state index in [1.54, 1.807) is 0 Å². The summed E-state index contributed by atoms with van der Waals surface area (Å²) in [6.45, 7) is 0. The highest BCUT2D eigenvalue weighted by Gasteiger charge is 2.19. The number of rotatable bonds is 4. The van der Waals surface area contributed by atoms with Gasteiger partial charge in [0.25, 0.3) is 0 Å². The number of hydrogen-bond acceptors (Lipinski definition) is 1. The molecule has 0 spiro atoms. The van der Waals surface area contributed by atoms with Crippen molar-refractivity contribution in [2.45, 2.75) is 6.04 Å². The van der Waals surface area contributed by atoms with E-state index in [1.165, 1.54) is 11.1 Å². The van der Waals surface area contributed by atoms with Crippen molar-refractivity contribution in [1.82, 2.24) is 4.57 Å². The van der Waals surface area contributed by atoms with Crippen molar-refractivity contribution in [3.63, 3.8) is 0 Å². The van der Waals surface area contributed by atoms with Gasteiger partial charge in [0.05, 0.1) is 6.04 Å². The highest BCUT2D eigenvalue weighted by atomic mass is 16.1. The number of benzene rings is 3. The number of hydrogen-bond donors (Lipinski definition) is 0. The summed E-state index contributed by atoms with van der Waals surface area (Å²) in [7, 11) is 0. The van der Waals surface area contributed by atoms with Crippen LogP contribution in [0.2, 0.25) is 0 Å². The number of para-hydroxylation sites is 1. The Morgan fingerprint density at radius 2 is 1.25 bits per heavy atom. The fourth-order valence-corrected chi connectivity index (χ4v) is 3.32. The van der Waals surface area contributed by atoms with Gasteiger partial charge in [0.2, 0.25) is 0 Å². The lowest BCUT2D eigenvalue weighted by atomic mass is 9.98. The minimum Gasteiger partial charge on any atom is -0.335 e. The summed E-state index contributed by atoms with van der Waals surface area (Å²) in [5, 5.41) is 0.990. The monoisotopic (exact) mass is 311 g/mol. The fraction of sp³-hybridized carbons (Fsp3) is 0.0455. The van der Waals surface area contributed by atoms with Crippen molar-refractivity contribution >= 4 is 17.2 Å². The molecule has 0 radical (unpaired) electrons. The summed E-state index contributed by atoms with van der Waals surface area (Å²) in [5.74, 6) is 0. The molecular weight excluding hydrogens is 294 g/mol. The molecule has 0 bridgehead atoms. The average molecular weight is 311 g/mol. The third-order valence-corrected chi connectivity index (χ3v) is 4.41. The lowest BCUT2D eigenvalue weighted by Crippen LogP contribution is -2.11. The minimum absolute atomic E-state index is 0.0333. The topological polar surface area (TPSA) is 22.0 Å². The molecule has 116 valence electrons. The Morgan fingerprint density at radius 3 is 1.83 bits per heavy atom. The molecule has 3 aromatic carbocycles. The summed E-state index contributed by atoms with van der Waals surface area (Å²) >= 11 is 0. The van der Waals surface area contributed by atoms with Crippen molar-refractivity contribution in [2.75, 3.05) is 0 Å². The molecule has 2 nitrogen and oxygen atoms in total. The van der Waals surface area contributed by atoms with Gasteiger partial charge < -0.3 is 4.57 Å². The van der Waals surface area contributed by atoms with E-state index >= 15 is 0 Å². The molecule has 4 rings (SSSR count). The van der Waals surface area contributed by atoms with Gasteiger partial charge in [-0.25, -0.2) is 0 Å². The maximum Gasteiger partial charge on any atom is 0.152 e. The van der Waals surface area contributed by atoms with Gasteiger partial charge in [0.15, 0.2) is 6.29 Å². The predicted octanol–water partition coefficient (Wildman–Crippen LogP) is 5.09. The van der Waals surface area contributed by atoms with Crippen LogP contribution in [0.25, 0.3) is 10.9 Å². The second-order valence-corrected chi connectivity index (χ2v) is 5.85. The standard InChI is InChI=1S/C22H17NO/c24-16-19-15-23(21-14-8-7-13-20(19)21)22(17-9-3-1-4-10-17)18-11-5-2-6-12-18/h1-16,22H. The SMILES string of the molecule is O=Cc1cn(C(c2ccccc2)c2ccccc2)c2ccccc12. The van der Waals surface area contributed by atoms with E-state index in [-0.39, 0.29) is 6.04 Å². The smallest absolute Gasteiger partial charge is 0.152 e. The molecule has 0 saturated carbocycles. The highest BCUT2D eigenvalue weighted by Crippen LogP contribution is 2.32. The first-order chi connectivity index (χ1) is 11.9. The van der Waals surface area contributed by atoms with Gasteiger partial charge in [-0.3, -0.25) is 4.79 Å². The molecule has 0 unspecified atom stereocenters. The first kappa shape index (κ1) is 14.5. The largest absolute Gasteiger partial charge is 0.335 e. The molecule has 0 aliphatic carbocycles. The second kappa shape index (κ2) is 6.17. The van der Waals surface area contributed by atoms with Crippen LogP contribution in [0.1, 0.15) is 27.5 Å². The highest BCUT2D eigenvalue weighted by molar-refractivity contribution is 5.97. The third-order valence-electron chi connectivity index (χ3n) is 4.41. The number of nitrogens with zero attached hydrogens (tertiary/aromatic N) is 1. The lowest BCUT2D eigenvalue weighted by Gasteiger charge is -2.21. The van der Waals surface area contributed by atoms with Crippen LogP contribution >= 0.6 is 0 Å². The van der Waals surface area contributed by atoms with Gasteiger partial charge in [0.1, 0.15) is 0 Å². The molecule has 0 saturated heterocycles. The summed E-state index contributed by atoms with van der Waals surface area (Å²) in [4.78, 5) is 11.5. The Bertz CT molecular complexity index is 931. The first-order valence-electron chi connectivity index (χ1n) is 8.03. The van der Waals surface area contributed by atoms with E-state index in [1.807, 2.05) is 36.5 Å². The zero-order chi connectivity index (χ0) is 16.4. The van der Waals surface area contributed by atoms with E-state index in [0.29, 0.717) is 0 Å². The minimum atomic E-state index is 0.0333. The maximum absolute atomic E-state index is 11.5. The Labute approximate surface area is 141 Å². The molecule has 4 aromatic rings. The predicted molar refractivity (Wildman–Crippen MR) is 97.5 cm³/mol. The summed E-state index contributed by atoms with van der Waals surface area (Å²) in [6.07, 6.45) is 2.90. The summed E-state index contributed by atoms with van der Waals surface area (Å²) < 4.78 is 2.20. The average Bonchev–Trinajstić information content (AvgIpc) is 3.03. The molecule has 24 heavy (non-hydrogen) atoms. The zero-order valence-electron chi connectivity index (χ0n) is 13.2. The molecule has 0 atom stereocenters.